The molecule has 2 aromatic heterocycles. The van der Waals surface area contributed by atoms with Crippen LogP contribution in [-0.2, 0) is 9.53 Å². The molecule has 0 spiro atoms. The Balaban J connectivity index is 1.67. The second-order valence-electron chi connectivity index (χ2n) is 5.52. The van der Waals surface area contributed by atoms with Crippen molar-refractivity contribution in [3.05, 3.63) is 12.4 Å². The number of esters is 1. The summed E-state index contributed by atoms with van der Waals surface area (Å²) >= 11 is 1.46. The Morgan fingerprint density at radius 3 is 3.04 bits per heavy atom. The summed E-state index contributed by atoms with van der Waals surface area (Å²) in [6, 6.07) is 0. The lowest BCUT2D eigenvalue weighted by Gasteiger charge is -2.14. The Bertz CT molecular complexity index is 617. The smallest absolute Gasteiger partial charge is 0.306 e. The second kappa shape index (κ2) is 9.50. The van der Waals surface area contributed by atoms with E-state index in [1.54, 1.807) is 12.4 Å². The first kappa shape index (κ1) is 17.7. The number of carbonyl (C=O) groups is 1. The predicted molar refractivity (Wildman–Crippen MR) is 91.3 cm³/mol. The number of unbranched alkanes of at least 4 members (excludes halogenated alkanes) is 1. The molecule has 7 heteroatoms. The van der Waals surface area contributed by atoms with Gasteiger partial charge < -0.3 is 4.74 Å². The SMILES string of the molecule is CCCCC(CC)COC(=O)CCSc1ncc2[nH]ncc2n1. The summed E-state index contributed by atoms with van der Waals surface area (Å²) in [6.07, 6.45) is 8.31. The quantitative estimate of drug-likeness (QED) is 0.406. The molecule has 0 saturated heterocycles. The van der Waals surface area contributed by atoms with Gasteiger partial charge in [-0.05, 0) is 12.3 Å². The van der Waals surface area contributed by atoms with Crippen LogP contribution in [0, 0.1) is 5.92 Å². The van der Waals surface area contributed by atoms with E-state index in [1.807, 2.05) is 0 Å². The third kappa shape index (κ3) is 5.82. The number of aromatic amines is 1. The summed E-state index contributed by atoms with van der Waals surface area (Å²) in [4.78, 5) is 20.4. The lowest BCUT2D eigenvalue weighted by atomic mass is 10.0. The zero-order chi connectivity index (χ0) is 16.5. The number of nitrogens with zero attached hydrogens (tertiary/aromatic N) is 3. The van der Waals surface area contributed by atoms with Crippen molar-refractivity contribution in [1.82, 2.24) is 20.2 Å². The Kier molecular flexibility index (Phi) is 7.32. The molecule has 2 aromatic rings. The monoisotopic (exact) mass is 336 g/mol. The summed E-state index contributed by atoms with van der Waals surface area (Å²) in [7, 11) is 0. The number of aromatic nitrogens is 4. The van der Waals surface area contributed by atoms with E-state index in [2.05, 4.69) is 34.0 Å². The van der Waals surface area contributed by atoms with Crippen LogP contribution in [0.2, 0.25) is 0 Å². The van der Waals surface area contributed by atoms with E-state index in [0.29, 0.717) is 29.9 Å². The van der Waals surface area contributed by atoms with Crippen LogP contribution in [0.15, 0.2) is 17.6 Å². The molecule has 0 aliphatic heterocycles. The van der Waals surface area contributed by atoms with E-state index in [1.165, 1.54) is 24.6 Å². The Labute approximate surface area is 140 Å². The zero-order valence-corrected chi connectivity index (χ0v) is 14.6. The van der Waals surface area contributed by atoms with Crippen LogP contribution in [0.1, 0.15) is 46.0 Å². The van der Waals surface area contributed by atoms with Crippen LogP contribution in [0.5, 0.6) is 0 Å². The maximum absolute atomic E-state index is 11.8. The van der Waals surface area contributed by atoms with Gasteiger partial charge in [0.15, 0.2) is 5.16 Å². The normalized spacial score (nSPS) is 12.4. The van der Waals surface area contributed by atoms with E-state index in [-0.39, 0.29) is 5.97 Å². The van der Waals surface area contributed by atoms with E-state index >= 15 is 0 Å². The fourth-order valence-corrected chi connectivity index (χ4v) is 2.94. The molecule has 0 radical (unpaired) electrons. The molecule has 0 amide bonds. The van der Waals surface area contributed by atoms with E-state index in [9.17, 15) is 4.79 Å². The molecule has 0 aliphatic carbocycles. The molecular weight excluding hydrogens is 312 g/mol. The average molecular weight is 336 g/mol. The third-order valence-electron chi connectivity index (χ3n) is 3.73. The average Bonchev–Trinajstić information content (AvgIpc) is 3.03. The minimum atomic E-state index is -0.142. The summed E-state index contributed by atoms with van der Waals surface area (Å²) < 4.78 is 5.38. The number of nitrogens with one attached hydrogen (secondary N) is 1. The molecule has 23 heavy (non-hydrogen) atoms. The van der Waals surface area contributed by atoms with Gasteiger partial charge in [0.05, 0.1) is 25.4 Å². The van der Waals surface area contributed by atoms with Crippen LogP contribution in [-0.4, -0.2) is 38.5 Å². The van der Waals surface area contributed by atoms with Crippen molar-refractivity contribution in [1.29, 1.82) is 0 Å². The first-order valence-electron chi connectivity index (χ1n) is 8.17. The minimum absolute atomic E-state index is 0.142. The van der Waals surface area contributed by atoms with Crippen LogP contribution in [0.3, 0.4) is 0 Å². The van der Waals surface area contributed by atoms with Gasteiger partial charge in [-0.15, -0.1) is 0 Å². The highest BCUT2D eigenvalue weighted by atomic mass is 32.2. The predicted octanol–water partition coefficient (Wildman–Crippen LogP) is 3.59. The number of thioether (sulfide) groups is 1. The highest BCUT2D eigenvalue weighted by Gasteiger charge is 2.10. The van der Waals surface area contributed by atoms with Gasteiger partial charge in [0.1, 0.15) is 11.0 Å². The van der Waals surface area contributed by atoms with Gasteiger partial charge in [-0.2, -0.15) is 5.10 Å². The Hall–Kier alpha value is -1.63. The van der Waals surface area contributed by atoms with Crippen LogP contribution in [0.25, 0.3) is 11.0 Å². The molecule has 0 bridgehead atoms. The largest absolute Gasteiger partial charge is 0.465 e. The third-order valence-corrected chi connectivity index (χ3v) is 4.59. The lowest BCUT2D eigenvalue weighted by Crippen LogP contribution is -2.14. The highest BCUT2D eigenvalue weighted by molar-refractivity contribution is 7.99. The maximum atomic E-state index is 11.8. The van der Waals surface area contributed by atoms with Crippen molar-refractivity contribution in [2.24, 2.45) is 5.92 Å². The molecule has 2 rings (SSSR count). The molecule has 6 nitrogen and oxygen atoms in total. The summed E-state index contributed by atoms with van der Waals surface area (Å²) in [6.45, 7) is 4.86. The number of hydrogen-bond donors (Lipinski definition) is 1. The molecule has 0 aliphatic rings. The first-order chi connectivity index (χ1) is 11.2. The van der Waals surface area contributed by atoms with Crippen molar-refractivity contribution in [2.75, 3.05) is 12.4 Å². The minimum Gasteiger partial charge on any atom is -0.465 e. The fraction of sp³-hybridized carbons (Fsp3) is 0.625. The summed E-state index contributed by atoms with van der Waals surface area (Å²) in [5, 5.41) is 7.37. The van der Waals surface area contributed by atoms with Gasteiger partial charge >= 0.3 is 5.97 Å². The molecule has 0 aromatic carbocycles. The van der Waals surface area contributed by atoms with Gasteiger partial charge in [0, 0.05) is 5.75 Å². The number of H-pyrrole nitrogens is 1. The van der Waals surface area contributed by atoms with Crippen molar-refractivity contribution in [3.63, 3.8) is 0 Å². The maximum Gasteiger partial charge on any atom is 0.306 e. The van der Waals surface area contributed by atoms with Crippen LogP contribution < -0.4 is 0 Å². The van der Waals surface area contributed by atoms with E-state index < -0.39 is 0 Å². The van der Waals surface area contributed by atoms with Gasteiger partial charge in [0.2, 0.25) is 0 Å². The number of fused-ring (bicyclic) bond motifs is 1. The molecular formula is C16H24N4O2S. The fourth-order valence-electron chi connectivity index (χ4n) is 2.20. The number of ether oxygens (including phenoxy) is 1. The number of rotatable bonds is 10. The van der Waals surface area contributed by atoms with E-state index in [0.717, 1.165) is 23.9 Å². The summed E-state index contributed by atoms with van der Waals surface area (Å²) in [5.41, 5.74) is 1.60. The first-order valence-corrected chi connectivity index (χ1v) is 9.16. The van der Waals surface area contributed by atoms with E-state index in [4.69, 9.17) is 4.74 Å². The number of carbonyl (C=O) groups excluding carboxylic acids is 1. The van der Waals surface area contributed by atoms with Crippen LogP contribution >= 0.6 is 11.8 Å². The molecule has 2 heterocycles. The van der Waals surface area contributed by atoms with Crippen molar-refractivity contribution >= 4 is 28.8 Å². The van der Waals surface area contributed by atoms with Gasteiger partial charge in [-0.25, -0.2) is 9.97 Å². The standard InChI is InChI=1S/C16H24N4O2S/c1-3-5-6-12(4-2)11-22-15(21)7-8-23-16-17-9-14-13(19-16)10-18-20-14/h9-10,12H,3-8,11H2,1-2H3,(H,18,20). The van der Waals surface area contributed by atoms with Crippen molar-refractivity contribution in [3.8, 4) is 0 Å². The molecule has 0 saturated carbocycles. The Morgan fingerprint density at radius 1 is 1.39 bits per heavy atom. The highest BCUT2D eigenvalue weighted by Crippen LogP contribution is 2.17. The molecule has 1 unspecified atom stereocenters. The topological polar surface area (TPSA) is 80.8 Å². The van der Waals surface area contributed by atoms with Gasteiger partial charge in [-0.3, -0.25) is 9.89 Å². The molecule has 0 fully saturated rings. The lowest BCUT2D eigenvalue weighted by molar-refractivity contribution is -0.144. The van der Waals surface area contributed by atoms with Crippen molar-refractivity contribution in [2.45, 2.75) is 51.1 Å². The van der Waals surface area contributed by atoms with Gasteiger partial charge in [0.25, 0.3) is 0 Å². The molecule has 1 N–H and O–H groups in total. The summed E-state index contributed by atoms with van der Waals surface area (Å²) in [5.74, 6) is 0.962. The molecule has 1 atom stereocenters. The Morgan fingerprint density at radius 2 is 2.26 bits per heavy atom. The van der Waals surface area contributed by atoms with Gasteiger partial charge in [-0.1, -0.05) is 44.9 Å². The number of hydrogen-bond acceptors (Lipinski definition) is 6. The molecule has 126 valence electrons. The van der Waals surface area contributed by atoms with Crippen LogP contribution in [0.4, 0.5) is 0 Å². The zero-order valence-electron chi connectivity index (χ0n) is 13.7. The van der Waals surface area contributed by atoms with Crippen molar-refractivity contribution < 1.29 is 9.53 Å². The second-order valence-corrected chi connectivity index (χ2v) is 6.58.